The summed E-state index contributed by atoms with van der Waals surface area (Å²) in [7, 11) is 3.44. The van der Waals surface area contributed by atoms with Crippen molar-refractivity contribution < 1.29 is 14.3 Å². The van der Waals surface area contributed by atoms with E-state index in [0.29, 0.717) is 17.0 Å². The number of ether oxygens (including phenoxy) is 1. The fourth-order valence-electron chi connectivity index (χ4n) is 3.99. The SMILES string of the molecule is CCN1CCN(c2ccc(C(=O)N(C)C)cc2NC(=O)COc2ccc(C(C)(C)C)cc2)CC1. The van der Waals surface area contributed by atoms with Gasteiger partial charge in [0, 0.05) is 45.8 Å². The van der Waals surface area contributed by atoms with Crippen molar-refractivity contribution in [2.75, 3.05) is 63.6 Å². The molecule has 2 amide bonds. The van der Waals surface area contributed by atoms with Gasteiger partial charge in [0.25, 0.3) is 11.8 Å². The van der Waals surface area contributed by atoms with E-state index >= 15 is 0 Å². The monoisotopic (exact) mass is 466 g/mol. The summed E-state index contributed by atoms with van der Waals surface area (Å²) < 4.78 is 5.73. The fraction of sp³-hybridized carbons (Fsp3) is 0.481. The Bertz CT molecular complexity index is 988. The van der Waals surface area contributed by atoms with Gasteiger partial charge in [-0.3, -0.25) is 9.59 Å². The molecule has 0 aliphatic carbocycles. The Balaban J connectivity index is 1.73. The molecular weight excluding hydrogens is 428 g/mol. The van der Waals surface area contributed by atoms with Gasteiger partial charge in [0.15, 0.2) is 6.61 Å². The third-order valence-corrected chi connectivity index (χ3v) is 6.17. The van der Waals surface area contributed by atoms with Crippen molar-refractivity contribution in [3.63, 3.8) is 0 Å². The summed E-state index contributed by atoms with van der Waals surface area (Å²) in [5.41, 5.74) is 3.36. The molecule has 0 unspecified atom stereocenters. The molecule has 1 saturated heterocycles. The number of anilines is 2. The minimum absolute atomic E-state index is 0.0595. The zero-order valence-corrected chi connectivity index (χ0v) is 21.4. The highest BCUT2D eigenvalue weighted by Gasteiger charge is 2.21. The van der Waals surface area contributed by atoms with Crippen molar-refractivity contribution in [3.05, 3.63) is 53.6 Å². The number of hydrogen-bond donors (Lipinski definition) is 1. The minimum atomic E-state index is -0.261. The van der Waals surface area contributed by atoms with Gasteiger partial charge in [-0.05, 0) is 47.9 Å². The molecule has 2 aromatic carbocycles. The Morgan fingerprint density at radius 3 is 2.21 bits per heavy atom. The number of nitrogens with one attached hydrogen (secondary N) is 1. The molecule has 0 aromatic heterocycles. The topological polar surface area (TPSA) is 65.1 Å². The van der Waals surface area contributed by atoms with E-state index in [4.69, 9.17) is 4.74 Å². The van der Waals surface area contributed by atoms with Crippen LogP contribution >= 0.6 is 0 Å². The number of nitrogens with zero attached hydrogens (tertiary/aromatic N) is 3. The molecule has 2 aromatic rings. The van der Waals surface area contributed by atoms with Gasteiger partial charge in [0.05, 0.1) is 11.4 Å². The van der Waals surface area contributed by atoms with E-state index in [9.17, 15) is 9.59 Å². The molecule has 0 radical (unpaired) electrons. The lowest BCUT2D eigenvalue weighted by molar-refractivity contribution is -0.118. The van der Waals surface area contributed by atoms with E-state index < -0.39 is 0 Å². The van der Waals surface area contributed by atoms with Gasteiger partial charge in [-0.1, -0.05) is 39.8 Å². The quantitative estimate of drug-likeness (QED) is 0.672. The van der Waals surface area contributed by atoms with Crippen LogP contribution in [-0.2, 0) is 10.2 Å². The summed E-state index contributed by atoms with van der Waals surface area (Å²) in [5.74, 6) is 0.284. The van der Waals surface area contributed by atoms with Crippen LogP contribution in [0.5, 0.6) is 5.75 Å². The number of benzene rings is 2. The minimum Gasteiger partial charge on any atom is -0.484 e. The van der Waals surface area contributed by atoms with Crippen LogP contribution in [0.1, 0.15) is 43.6 Å². The van der Waals surface area contributed by atoms with Crippen LogP contribution in [0.25, 0.3) is 0 Å². The molecule has 7 heteroatoms. The number of likely N-dealkylation sites (N-methyl/N-ethyl adjacent to an activating group) is 1. The van der Waals surface area contributed by atoms with Crippen LogP contribution < -0.4 is 15.0 Å². The first kappa shape index (κ1) is 25.6. The van der Waals surface area contributed by atoms with E-state index in [1.54, 1.807) is 20.2 Å². The van der Waals surface area contributed by atoms with Gasteiger partial charge < -0.3 is 24.8 Å². The second kappa shape index (κ2) is 10.9. The summed E-state index contributed by atoms with van der Waals surface area (Å²) in [6.07, 6.45) is 0. The highest BCUT2D eigenvalue weighted by atomic mass is 16.5. The summed E-state index contributed by atoms with van der Waals surface area (Å²) >= 11 is 0. The van der Waals surface area contributed by atoms with Crippen molar-refractivity contribution >= 4 is 23.2 Å². The van der Waals surface area contributed by atoms with Gasteiger partial charge in [-0.2, -0.15) is 0 Å². The molecule has 1 aliphatic heterocycles. The van der Waals surface area contributed by atoms with Gasteiger partial charge >= 0.3 is 0 Å². The number of rotatable bonds is 7. The van der Waals surface area contributed by atoms with Crippen molar-refractivity contribution in [1.82, 2.24) is 9.80 Å². The van der Waals surface area contributed by atoms with Crippen LogP contribution in [0.3, 0.4) is 0 Å². The number of hydrogen-bond acceptors (Lipinski definition) is 5. The Morgan fingerprint density at radius 2 is 1.65 bits per heavy atom. The molecule has 1 aliphatic rings. The zero-order valence-electron chi connectivity index (χ0n) is 21.4. The average molecular weight is 467 g/mol. The van der Waals surface area contributed by atoms with Gasteiger partial charge in [-0.15, -0.1) is 0 Å². The maximum atomic E-state index is 12.8. The highest BCUT2D eigenvalue weighted by molar-refractivity contribution is 6.00. The molecule has 0 bridgehead atoms. The van der Waals surface area contributed by atoms with Crippen molar-refractivity contribution in [2.24, 2.45) is 0 Å². The highest BCUT2D eigenvalue weighted by Crippen LogP contribution is 2.29. The van der Waals surface area contributed by atoms with E-state index in [0.717, 1.165) is 38.4 Å². The van der Waals surface area contributed by atoms with Crippen molar-refractivity contribution in [3.8, 4) is 5.75 Å². The first-order valence-electron chi connectivity index (χ1n) is 11.9. The molecule has 0 saturated carbocycles. The zero-order chi connectivity index (χ0) is 24.9. The fourth-order valence-corrected chi connectivity index (χ4v) is 3.99. The van der Waals surface area contributed by atoms with Crippen LogP contribution in [-0.4, -0.2) is 75.0 Å². The third-order valence-electron chi connectivity index (χ3n) is 6.17. The molecular formula is C27H38N4O3. The number of amides is 2. The van der Waals surface area contributed by atoms with E-state index in [1.165, 1.54) is 10.5 Å². The average Bonchev–Trinajstić information content (AvgIpc) is 2.82. The second-order valence-corrected chi connectivity index (χ2v) is 9.96. The predicted molar refractivity (Wildman–Crippen MR) is 138 cm³/mol. The Kier molecular flexibility index (Phi) is 8.20. The van der Waals surface area contributed by atoms with E-state index in [1.807, 2.05) is 36.4 Å². The lowest BCUT2D eigenvalue weighted by atomic mass is 9.87. The first-order valence-corrected chi connectivity index (χ1v) is 11.9. The summed E-state index contributed by atoms with van der Waals surface area (Å²) in [6, 6.07) is 13.4. The lowest BCUT2D eigenvalue weighted by Gasteiger charge is -2.36. The number of carbonyl (C=O) groups excluding carboxylic acids is 2. The molecule has 3 rings (SSSR count). The van der Waals surface area contributed by atoms with Crippen LogP contribution in [0, 0.1) is 0 Å². The summed E-state index contributed by atoms with van der Waals surface area (Å²) in [5, 5.41) is 2.98. The summed E-state index contributed by atoms with van der Waals surface area (Å²) in [4.78, 5) is 31.5. The third kappa shape index (κ3) is 6.50. The van der Waals surface area contributed by atoms with E-state index in [-0.39, 0.29) is 23.8 Å². The Morgan fingerprint density at radius 1 is 1.00 bits per heavy atom. The Labute approximate surface area is 203 Å². The Hall–Kier alpha value is -3.06. The number of carbonyl (C=O) groups is 2. The number of piperazine rings is 1. The van der Waals surface area contributed by atoms with Crippen molar-refractivity contribution in [1.29, 1.82) is 0 Å². The molecule has 1 fully saturated rings. The maximum absolute atomic E-state index is 12.8. The summed E-state index contributed by atoms with van der Waals surface area (Å²) in [6.45, 7) is 13.2. The standard InChI is InChI=1S/C27H38N4O3/c1-7-30-14-16-31(17-15-30)24-13-8-20(26(33)29(5)6)18-23(24)28-25(32)19-34-22-11-9-21(10-12-22)27(2,3)4/h8-13,18H,7,14-17,19H2,1-6H3,(H,28,32). The second-order valence-electron chi connectivity index (χ2n) is 9.96. The molecule has 7 nitrogen and oxygen atoms in total. The van der Waals surface area contributed by atoms with Gasteiger partial charge in [0.2, 0.25) is 0 Å². The molecule has 0 spiro atoms. The van der Waals surface area contributed by atoms with Gasteiger partial charge in [0.1, 0.15) is 5.75 Å². The van der Waals surface area contributed by atoms with Crippen LogP contribution in [0.4, 0.5) is 11.4 Å². The molecule has 184 valence electrons. The first-order chi connectivity index (χ1) is 16.1. The largest absolute Gasteiger partial charge is 0.484 e. The normalized spacial score (nSPS) is 14.6. The molecule has 1 N–H and O–H groups in total. The van der Waals surface area contributed by atoms with Crippen molar-refractivity contribution in [2.45, 2.75) is 33.1 Å². The van der Waals surface area contributed by atoms with Gasteiger partial charge in [-0.25, -0.2) is 0 Å². The predicted octanol–water partition coefficient (Wildman–Crippen LogP) is 3.85. The molecule has 34 heavy (non-hydrogen) atoms. The molecule has 0 atom stereocenters. The van der Waals surface area contributed by atoms with E-state index in [2.05, 4.69) is 42.8 Å². The van der Waals surface area contributed by atoms with Crippen LogP contribution in [0.2, 0.25) is 0 Å². The van der Waals surface area contributed by atoms with Crippen LogP contribution in [0.15, 0.2) is 42.5 Å². The maximum Gasteiger partial charge on any atom is 0.262 e. The molecule has 1 heterocycles. The lowest BCUT2D eigenvalue weighted by Crippen LogP contribution is -2.46. The smallest absolute Gasteiger partial charge is 0.262 e.